The second kappa shape index (κ2) is 5.24. The highest BCUT2D eigenvalue weighted by Crippen LogP contribution is 2.30. The monoisotopic (exact) mass is 279 g/mol. The summed E-state index contributed by atoms with van der Waals surface area (Å²) in [6.45, 7) is 0. The van der Waals surface area contributed by atoms with Gasteiger partial charge in [-0.15, -0.1) is 0 Å². The standard InChI is InChI=1S/C14H12F3N3/c1-20(10-4-2-3-9(15)7-10)13-11(16)5-8(14(18)19)6-12(13)17/h2-7H,1H3,(H3,18,19). The van der Waals surface area contributed by atoms with Gasteiger partial charge in [0, 0.05) is 18.3 Å². The van der Waals surface area contributed by atoms with Crippen molar-refractivity contribution in [1.29, 1.82) is 5.41 Å². The molecule has 0 heterocycles. The predicted molar refractivity (Wildman–Crippen MR) is 71.8 cm³/mol. The lowest BCUT2D eigenvalue weighted by atomic mass is 10.1. The highest BCUT2D eigenvalue weighted by Gasteiger charge is 2.17. The van der Waals surface area contributed by atoms with Crippen molar-refractivity contribution in [3.63, 3.8) is 0 Å². The van der Waals surface area contributed by atoms with Gasteiger partial charge in [-0.2, -0.15) is 0 Å². The SMILES string of the molecule is CN(c1cccc(F)c1)c1c(F)cc(C(=N)N)cc1F. The summed E-state index contributed by atoms with van der Waals surface area (Å²) in [7, 11) is 1.42. The maximum atomic E-state index is 14.0. The van der Waals surface area contributed by atoms with E-state index >= 15 is 0 Å². The summed E-state index contributed by atoms with van der Waals surface area (Å²) in [5.41, 5.74) is 5.12. The van der Waals surface area contributed by atoms with Gasteiger partial charge in [-0.25, -0.2) is 13.2 Å². The molecule has 0 aliphatic rings. The van der Waals surface area contributed by atoms with E-state index in [0.717, 1.165) is 18.2 Å². The van der Waals surface area contributed by atoms with E-state index in [1.165, 1.54) is 30.1 Å². The van der Waals surface area contributed by atoms with E-state index < -0.39 is 23.3 Å². The lowest BCUT2D eigenvalue weighted by molar-refractivity contribution is 0.583. The van der Waals surface area contributed by atoms with Crippen LogP contribution in [0.3, 0.4) is 0 Å². The second-order valence-electron chi connectivity index (χ2n) is 4.24. The Labute approximate surface area is 114 Å². The number of amidine groups is 1. The maximum absolute atomic E-state index is 14.0. The summed E-state index contributed by atoms with van der Waals surface area (Å²) in [5.74, 6) is -2.68. The first-order valence-electron chi connectivity index (χ1n) is 5.73. The fourth-order valence-electron chi connectivity index (χ4n) is 1.86. The van der Waals surface area contributed by atoms with Crippen LogP contribution in [0.15, 0.2) is 36.4 Å². The number of halogens is 3. The third-order valence-corrected chi connectivity index (χ3v) is 2.86. The van der Waals surface area contributed by atoms with Crippen LogP contribution in [0.2, 0.25) is 0 Å². The first kappa shape index (κ1) is 13.9. The van der Waals surface area contributed by atoms with Crippen molar-refractivity contribution < 1.29 is 13.2 Å². The number of nitrogens with two attached hydrogens (primary N) is 1. The minimum absolute atomic E-state index is 0.0450. The normalized spacial score (nSPS) is 10.4. The van der Waals surface area contributed by atoms with Crippen molar-refractivity contribution in [2.45, 2.75) is 0 Å². The lowest BCUT2D eigenvalue weighted by Gasteiger charge is -2.21. The Morgan fingerprint density at radius 2 is 1.70 bits per heavy atom. The van der Waals surface area contributed by atoms with Gasteiger partial charge in [-0.05, 0) is 30.3 Å². The third kappa shape index (κ3) is 2.59. The molecule has 2 rings (SSSR count). The smallest absolute Gasteiger partial charge is 0.150 e. The van der Waals surface area contributed by atoms with Crippen LogP contribution < -0.4 is 10.6 Å². The third-order valence-electron chi connectivity index (χ3n) is 2.86. The molecule has 0 radical (unpaired) electrons. The molecule has 0 spiro atoms. The summed E-state index contributed by atoms with van der Waals surface area (Å²) in [6, 6.07) is 7.31. The zero-order valence-electron chi connectivity index (χ0n) is 10.6. The molecule has 3 nitrogen and oxygen atoms in total. The Kier molecular flexibility index (Phi) is 3.65. The zero-order chi connectivity index (χ0) is 14.9. The molecule has 6 heteroatoms. The van der Waals surface area contributed by atoms with Crippen LogP contribution >= 0.6 is 0 Å². The lowest BCUT2D eigenvalue weighted by Crippen LogP contribution is -2.16. The average Bonchev–Trinajstić information content (AvgIpc) is 2.37. The molecular formula is C14H12F3N3. The topological polar surface area (TPSA) is 53.1 Å². The van der Waals surface area contributed by atoms with Gasteiger partial charge in [0.2, 0.25) is 0 Å². The Hall–Kier alpha value is -2.50. The van der Waals surface area contributed by atoms with E-state index in [2.05, 4.69) is 0 Å². The molecule has 0 aliphatic carbocycles. The number of nitrogen functional groups attached to an aromatic ring is 1. The van der Waals surface area contributed by atoms with Crippen molar-refractivity contribution in [1.82, 2.24) is 0 Å². The van der Waals surface area contributed by atoms with Gasteiger partial charge in [0.25, 0.3) is 0 Å². The van der Waals surface area contributed by atoms with Crippen LogP contribution in [0.25, 0.3) is 0 Å². The molecule has 0 aromatic heterocycles. The van der Waals surface area contributed by atoms with Crippen LogP contribution in [0, 0.1) is 22.9 Å². The molecule has 0 fully saturated rings. The van der Waals surface area contributed by atoms with E-state index in [1.807, 2.05) is 0 Å². The fourth-order valence-corrected chi connectivity index (χ4v) is 1.86. The fraction of sp³-hybridized carbons (Fsp3) is 0.0714. The van der Waals surface area contributed by atoms with Crippen molar-refractivity contribution in [3.05, 3.63) is 59.4 Å². The molecule has 0 saturated carbocycles. The quantitative estimate of drug-likeness (QED) is 0.670. The van der Waals surface area contributed by atoms with Gasteiger partial charge in [0.05, 0.1) is 0 Å². The van der Waals surface area contributed by atoms with Gasteiger partial charge < -0.3 is 10.6 Å². The summed E-state index contributed by atoms with van der Waals surface area (Å²) >= 11 is 0. The Bertz CT molecular complexity index is 647. The van der Waals surface area contributed by atoms with Gasteiger partial charge >= 0.3 is 0 Å². The van der Waals surface area contributed by atoms with Gasteiger partial charge in [0.15, 0.2) is 11.6 Å². The molecule has 0 saturated heterocycles. The van der Waals surface area contributed by atoms with E-state index in [-0.39, 0.29) is 11.3 Å². The van der Waals surface area contributed by atoms with Crippen LogP contribution in [0.5, 0.6) is 0 Å². The minimum atomic E-state index is -0.873. The van der Waals surface area contributed by atoms with E-state index in [9.17, 15) is 13.2 Å². The number of benzene rings is 2. The number of nitrogens with zero attached hydrogens (tertiary/aromatic N) is 1. The molecule has 0 unspecified atom stereocenters. The van der Waals surface area contributed by atoms with Crippen molar-refractivity contribution in [2.24, 2.45) is 5.73 Å². The number of hydrogen-bond acceptors (Lipinski definition) is 2. The molecule has 0 aliphatic heterocycles. The molecule has 0 bridgehead atoms. The average molecular weight is 279 g/mol. The Morgan fingerprint density at radius 3 is 2.20 bits per heavy atom. The van der Waals surface area contributed by atoms with Gasteiger partial charge in [0.1, 0.15) is 17.3 Å². The Morgan fingerprint density at radius 1 is 1.10 bits per heavy atom. The first-order valence-corrected chi connectivity index (χ1v) is 5.73. The molecule has 2 aromatic carbocycles. The maximum Gasteiger partial charge on any atom is 0.150 e. The molecule has 3 N–H and O–H groups in total. The summed E-state index contributed by atoms with van der Waals surface area (Å²) < 4.78 is 41.1. The zero-order valence-corrected chi connectivity index (χ0v) is 10.6. The first-order chi connectivity index (χ1) is 9.40. The predicted octanol–water partition coefficient (Wildman–Crippen LogP) is 3.16. The molecule has 2 aromatic rings. The van der Waals surface area contributed by atoms with Gasteiger partial charge in [-0.1, -0.05) is 6.07 Å². The van der Waals surface area contributed by atoms with Crippen LogP contribution in [0.4, 0.5) is 24.5 Å². The second-order valence-corrected chi connectivity index (χ2v) is 4.24. The van der Waals surface area contributed by atoms with E-state index in [0.29, 0.717) is 5.69 Å². The van der Waals surface area contributed by atoms with E-state index in [4.69, 9.17) is 11.1 Å². The highest BCUT2D eigenvalue weighted by molar-refractivity contribution is 5.95. The summed E-state index contributed by atoms with van der Waals surface area (Å²) in [4.78, 5) is 1.19. The van der Waals surface area contributed by atoms with Crippen LogP contribution in [0.1, 0.15) is 5.56 Å². The number of nitrogens with one attached hydrogen (secondary N) is 1. The van der Waals surface area contributed by atoms with Crippen LogP contribution in [-0.2, 0) is 0 Å². The Balaban J connectivity index is 2.50. The van der Waals surface area contributed by atoms with E-state index in [1.54, 1.807) is 0 Å². The van der Waals surface area contributed by atoms with Crippen molar-refractivity contribution in [2.75, 3.05) is 11.9 Å². The number of hydrogen-bond donors (Lipinski definition) is 2. The number of rotatable bonds is 3. The molecule has 0 atom stereocenters. The van der Waals surface area contributed by atoms with Crippen molar-refractivity contribution in [3.8, 4) is 0 Å². The molecular weight excluding hydrogens is 267 g/mol. The minimum Gasteiger partial charge on any atom is -0.384 e. The highest BCUT2D eigenvalue weighted by atomic mass is 19.1. The van der Waals surface area contributed by atoms with Crippen molar-refractivity contribution >= 4 is 17.2 Å². The molecule has 104 valence electrons. The number of anilines is 2. The van der Waals surface area contributed by atoms with Crippen LogP contribution in [-0.4, -0.2) is 12.9 Å². The molecule has 0 amide bonds. The van der Waals surface area contributed by atoms with Gasteiger partial charge in [-0.3, -0.25) is 5.41 Å². The largest absolute Gasteiger partial charge is 0.384 e. The summed E-state index contributed by atoms with van der Waals surface area (Å²) in [5, 5.41) is 7.18. The summed E-state index contributed by atoms with van der Waals surface area (Å²) in [6.07, 6.45) is 0. The molecule has 20 heavy (non-hydrogen) atoms.